The molecule has 2 saturated carbocycles. The van der Waals surface area contributed by atoms with Crippen LogP contribution < -0.4 is 20.7 Å². The molecule has 2 fully saturated rings. The molecule has 0 aliphatic heterocycles. The first-order valence-corrected chi connectivity index (χ1v) is 25.7. The third-order valence-corrected chi connectivity index (χ3v) is 24.1. The smallest absolute Gasteiger partial charge is 0.261 e. The summed E-state index contributed by atoms with van der Waals surface area (Å²) in [5.74, 6) is 1.43. The molecular weight excluding hydrogens is 724 g/mol. The molecule has 1 N–H and O–H groups in total. The first kappa shape index (κ1) is 44.7. The van der Waals surface area contributed by atoms with E-state index < -0.39 is 15.7 Å². The van der Waals surface area contributed by atoms with Gasteiger partial charge in [0.15, 0.2) is 0 Å². The second-order valence-corrected chi connectivity index (χ2v) is 27.7. The second-order valence-electron chi connectivity index (χ2n) is 17.8. The normalized spacial score (nSPS) is 20.5. The highest BCUT2D eigenvalue weighted by Crippen LogP contribution is 2.41. The fraction of sp³-hybridized carbons (Fsp3) is 0.440. The number of aliphatic hydroxyl groups is 1. The van der Waals surface area contributed by atoms with Gasteiger partial charge in [0, 0.05) is 6.10 Å². The van der Waals surface area contributed by atoms with Crippen LogP contribution in [0.2, 0.25) is 10.1 Å². The number of hydrogen-bond acceptors (Lipinski definition) is 2. The zero-order chi connectivity index (χ0) is 40.0. The molecule has 2 nitrogen and oxygen atoms in total. The standard InChI is InChI=1S/C25H34OSi.C16H19ClSi.C9H16O/c1-5-13-21-14-12-15-22(20-21)26-27(25(2,3)4,23-16-8-6-9-17-23)24-18-10-7-11-19-24;1-16(2,3)18(17,14-10-6-4-7-11-14)15-12-8-5-9-13-15;1-2-4-8-5-3-6-9(10)7-8/h5-11,16-19,21-22H,1,12-15,20H2,2-4H3;4-13H,1-3H3;2,8-10H,1,3-7H2. The summed E-state index contributed by atoms with van der Waals surface area (Å²) in [7, 11) is -4.65. The van der Waals surface area contributed by atoms with Crippen molar-refractivity contribution < 1.29 is 9.53 Å². The summed E-state index contributed by atoms with van der Waals surface area (Å²) in [6.07, 6.45) is 15.9. The van der Waals surface area contributed by atoms with Crippen molar-refractivity contribution in [3.8, 4) is 0 Å². The van der Waals surface area contributed by atoms with E-state index in [-0.39, 0.29) is 16.2 Å². The van der Waals surface area contributed by atoms with Crippen LogP contribution >= 0.6 is 11.1 Å². The van der Waals surface area contributed by atoms with E-state index in [0.29, 0.717) is 12.0 Å². The van der Waals surface area contributed by atoms with Crippen LogP contribution in [0.1, 0.15) is 106 Å². The van der Waals surface area contributed by atoms with Crippen molar-refractivity contribution in [1.29, 1.82) is 0 Å². The van der Waals surface area contributed by atoms with E-state index in [1.54, 1.807) is 0 Å². The van der Waals surface area contributed by atoms with E-state index >= 15 is 0 Å². The number of aliphatic hydroxyl groups excluding tert-OH is 1. The minimum Gasteiger partial charge on any atom is -0.404 e. The highest BCUT2D eigenvalue weighted by molar-refractivity contribution is 7.35. The van der Waals surface area contributed by atoms with Gasteiger partial charge in [0.2, 0.25) is 7.38 Å². The maximum Gasteiger partial charge on any atom is 0.261 e. The fourth-order valence-electron chi connectivity index (χ4n) is 8.82. The molecule has 2 aliphatic carbocycles. The van der Waals surface area contributed by atoms with Crippen LogP contribution in [0, 0.1) is 11.8 Å². The Hall–Kier alpha value is -3.00. The first-order valence-electron chi connectivity index (χ1n) is 20.7. The number of rotatable bonds is 10. The molecular formula is C50H69ClO2Si2. The van der Waals surface area contributed by atoms with Crippen molar-refractivity contribution >= 4 is 47.5 Å². The Morgan fingerprint density at radius 2 is 0.964 bits per heavy atom. The van der Waals surface area contributed by atoms with Crippen LogP contribution in [-0.2, 0) is 4.43 Å². The van der Waals surface area contributed by atoms with Crippen molar-refractivity contribution in [3.63, 3.8) is 0 Å². The number of hydrogen-bond donors (Lipinski definition) is 1. The molecule has 0 saturated heterocycles. The number of halogens is 1. The minimum absolute atomic E-state index is 0.0290. The van der Waals surface area contributed by atoms with Gasteiger partial charge in [-0.1, -0.05) is 188 Å². The Morgan fingerprint density at radius 3 is 1.33 bits per heavy atom. The Bertz CT molecular complexity index is 1600. The van der Waals surface area contributed by atoms with E-state index in [9.17, 15) is 5.11 Å². The van der Waals surface area contributed by atoms with Gasteiger partial charge in [0.25, 0.3) is 8.32 Å². The summed E-state index contributed by atoms with van der Waals surface area (Å²) in [6, 6.07) is 43.1. The Labute approximate surface area is 342 Å². The fourth-order valence-corrected chi connectivity index (χ4v) is 17.7. The van der Waals surface area contributed by atoms with E-state index in [1.807, 2.05) is 18.2 Å². The molecule has 0 radical (unpaired) electrons. The van der Waals surface area contributed by atoms with Crippen LogP contribution in [0.4, 0.5) is 0 Å². The summed E-state index contributed by atoms with van der Waals surface area (Å²) < 4.78 is 7.30. The first-order chi connectivity index (χ1) is 26.3. The highest BCUT2D eigenvalue weighted by atomic mass is 35.6. The Balaban J connectivity index is 0.000000205. The van der Waals surface area contributed by atoms with Gasteiger partial charge in [-0.3, -0.25) is 0 Å². The van der Waals surface area contributed by atoms with Gasteiger partial charge >= 0.3 is 0 Å². The SMILES string of the molecule is C=CCC1CCCC(O)C1.C=CCC1CCCC(O[Si](c2ccccc2)(c2ccccc2)C(C)(C)C)C1.CC(C)(C)[Si](Cl)(c1ccccc1)c1ccccc1. The summed E-state index contributed by atoms with van der Waals surface area (Å²) in [6.45, 7) is 21.5. The second kappa shape index (κ2) is 21.0. The van der Waals surface area contributed by atoms with Crippen LogP contribution in [0.3, 0.4) is 0 Å². The van der Waals surface area contributed by atoms with Gasteiger partial charge in [0.1, 0.15) is 0 Å². The lowest BCUT2D eigenvalue weighted by Gasteiger charge is -2.46. The van der Waals surface area contributed by atoms with Gasteiger partial charge in [-0.15, -0.1) is 13.2 Å². The number of allylic oxidation sites excluding steroid dienone is 2. The van der Waals surface area contributed by atoms with Gasteiger partial charge in [-0.05, 0) is 94.0 Å². The molecule has 55 heavy (non-hydrogen) atoms. The van der Waals surface area contributed by atoms with E-state index in [4.69, 9.17) is 15.5 Å². The van der Waals surface area contributed by atoms with Gasteiger partial charge in [-0.25, -0.2) is 0 Å². The lowest BCUT2D eigenvalue weighted by Crippen LogP contribution is -2.67. The van der Waals surface area contributed by atoms with Crippen LogP contribution in [0.25, 0.3) is 0 Å². The predicted octanol–water partition coefficient (Wildman–Crippen LogP) is 11.6. The van der Waals surface area contributed by atoms with Crippen LogP contribution in [0.5, 0.6) is 0 Å². The quantitative estimate of drug-likeness (QED) is 0.0984. The number of benzene rings is 4. The maximum atomic E-state index is 9.27. The molecule has 0 heterocycles. The van der Waals surface area contributed by atoms with Crippen molar-refractivity contribution in [3.05, 3.63) is 147 Å². The molecule has 4 aromatic rings. The lowest BCUT2D eigenvalue weighted by atomic mass is 9.85. The summed E-state index contributed by atoms with van der Waals surface area (Å²) in [5.41, 5.74) is 0. The lowest BCUT2D eigenvalue weighted by molar-refractivity contribution is 0.102. The molecule has 4 atom stereocenters. The Kier molecular flexibility index (Phi) is 17.0. The molecule has 4 aromatic carbocycles. The Morgan fingerprint density at radius 1 is 0.582 bits per heavy atom. The zero-order valence-electron chi connectivity index (χ0n) is 34.7. The molecule has 0 aromatic heterocycles. The summed E-state index contributed by atoms with van der Waals surface area (Å²) >= 11 is 7.21. The van der Waals surface area contributed by atoms with Gasteiger partial charge in [0.05, 0.1) is 6.10 Å². The van der Waals surface area contributed by atoms with E-state index in [2.05, 4.69) is 170 Å². The van der Waals surface area contributed by atoms with Gasteiger partial charge < -0.3 is 9.53 Å². The average Bonchev–Trinajstić information content (AvgIpc) is 3.18. The average molecular weight is 794 g/mol. The molecule has 2 aliphatic rings. The van der Waals surface area contributed by atoms with Crippen LogP contribution in [0.15, 0.2) is 147 Å². The zero-order valence-corrected chi connectivity index (χ0v) is 37.5. The molecule has 296 valence electrons. The van der Waals surface area contributed by atoms with Crippen molar-refractivity contribution in [1.82, 2.24) is 0 Å². The predicted molar refractivity (Wildman–Crippen MR) is 246 cm³/mol. The van der Waals surface area contributed by atoms with Crippen molar-refractivity contribution in [2.45, 2.75) is 128 Å². The minimum atomic E-state index is -2.42. The van der Waals surface area contributed by atoms with E-state index in [1.165, 1.54) is 52.9 Å². The van der Waals surface area contributed by atoms with Crippen molar-refractivity contribution in [2.24, 2.45) is 11.8 Å². The van der Waals surface area contributed by atoms with Crippen molar-refractivity contribution in [2.75, 3.05) is 0 Å². The molecule has 0 bridgehead atoms. The molecule has 0 spiro atoms. The van der Waals surface area contributed by atoms with Gasteiger partial charge in [-0.2, -0.15) is 11.1 Å². The maximum absolute atomic E-state index is 9.27. The topological polar surface area (TPSA) is 29.5 Å². The molecule has 0 amide bonds. The summed E-state index contributed by atoms with van der Waals surface area (Å²) in [5, 5.41) is 14.7. The van der Waals surface area contributed by atoms with E-state index in [0.717, 1.165) is 38.0 Å². The van der Waals surface area contributed by atoms with Crippen LogP contribution in [-0.4, -0.2) is 33.0 Å². The summed E-state index contributed by atoms with van der Waals surface area (Å²) in [4.78, 5) is 0. The molecule has 6 rings (SSSR count). The molecule has 4 unspecified atom stereocenters. The molecule has 5 heteroatoms. The third-order valence-electron chi connectivity index (χ3n) is 11.6. The monoisotopic (exact) mass is 792 g/mol. The largest absolute Gasteiger partial charge is 0.404 e. The highest BCUT2D eigenvalue weighted by Gasteiger charge is 2.51. The third kappa shape index (κ3) is 11.8.